The Morgan fingerprint density at radius 2 is 1.96 bits per heavy atom. The molecule has 7 heteroatoms. The maximum Gasteiger partial charge on any atom is 0.405 e. The summed E-state index contributed by atoms with van der Waals surface area (Å²) in [6, 6.07) is 8.76. The van der Waals surface area contributed by atoms with Gasteiger partial charge in [0.25, 0.3) is 0 Å². The number of nitrogens with one attached hydrogen (secondary N) is 1. The van der Waals surface area contributed by atoms with Gasteiger partial charge in [0.2, 0.25) is 0 Å². The van der Waals surface area contributed by atoms with E-state index < -0.39 is 30.5 Å². The van der Waals surface area contributed by atoms with Crippen LogP contribution in [0.15, 0.2) is 30.3 Å². The van der Waals surface area contributed by atoms with Crippen molar-refractivity contribution in [3.63, 3.8) is 0 Å². The van der Waals surface area contributed by atoms with E-state index in [1.54, 1.807) is 6.92 Å². The average molecular weight is 335 g/mol. The zero-order valence-electron chi connectivity index (χ0n) is 13.4. The van der Waals surface area contributed by atoms with Crippen molar-refractivity contribution >= 4 is 12.1 Å². The van der Waals surface area contributed by atoms with Gasteiger partial charge < -0.3 is 24.6 Å². The second-order valence-electron chi connectivity index (χ2n) is 6.09. The van der Waals surface area contributed by atoms with Crippen molar-refractivity contribution in [3.05, 3.63) is 35.9 Å². The van der Waals surface area contributed by atoms with Crippen LogP contribution in [0.2, 0.25) is 0 Å². The molecule has 130 valence electrons. The molecule has 2 heterocycles. The van der Waals surface area contributed by atoms with Gasteiger partial charge in [-0.1, -0.05) is 30.3 Å². The largest absolute Gasteiger partial charge is 0.465 e. The third-order valence-corrected chi connectivity index (χ3v) is 4.35. The predicted octanol–water partition coefficient (Wildman–Crippen LogP) is 2.22. The van der Waals surface area contributed by atoms with E-state index in [1.807, 2.05) is 30.3 Å². The molecule has 2 fully saturated rings. The van der Waals surface area contributed by atoms with Crippen LogP contribution >= 0.6 is 0 Å². The van der Waals surface area contributed by atoms with E-state index in [2.05, 4.69) is 5.32 Å². The molecule has 1 unspecified atom stereocenters. The Bertz CT molecular complexity index is 592. The lowest BCUT2D eigenvalue weighted by Crippen LogP contribution is -2.43. The molecule has 2 N–H and O–H groups in total. The summed E-state index contributed by atoms with van der Waals surface area (Å²) >= 11 is 0. The van der Waals surface area contributed by atoms with Crippen molar-refractivity contribution in [3.8, 4) is 0 Å². The van der Waals surface area contributed by atoms with Gasteiger partial charge in [0.1, 0.15) is 18.2 Å². The predicted molar refractivity (Wildman–Crippen MR) is 83.3 cm³/mol. The van der Waals surface area contributed by atoms with Crippen molar-refractivity contribution in [1.82, 2.24) is 5.32 Å². The Labute approximate surface area is 139 Å². The number of fused-ring (bicyclic) bond motifs is 1. The van der Waals surface area contributed by atoms with Crippen LogP contribution in [0.1, 0.15) is 38.0 Å². The van der Waals surface area contributed by atoms with Crippen molar-refractivity contribution in [1.29, 1.82) is 0 Å². The van der Waals surface area contributed by atoms with Crippen molar-refractivity contribution in [2.75, 3.05) is 0 Å². The molecule has 1 aromatic carbocycles. The van der Waals surface area contributed by atoms with E-state index >= 15 is 0 Å². The number of cyclic esters (lactones) is 1. The quantitative estimate of drug-likeness (QED) is 0.805. The molecule has 0 spiro atoms. The van der Waals surface area contributed by atoms with Gasteiger partial charge in [-0.15, -0.1) is 0 Å². The minimum Gasteiger partial charge on any atom is -0.465 e. The van der Waals surface area contributed by atoms with Crippen LogP contribution in [0.5, 0.6) is 0 Å². The zero-order valence-corrected chi connectivity index (χ0v) is 13.4. The third-order valence-electron chi connectivity index (χ3n) is 4.35. The average Bonchev–Trinajstić information content (AvgIpc) is 2.99. The number of hydrogen-bond acceptors (Lipinski definition) is 5. The van der Waals surface area contributed by atoms with Gasteiger partial charge in [-0.2, -0.15) is 0 Å². The highest BCUT2D eigenvalue weighted by atomic mass is 16.7. The summed E-state index contributed by atoms with van der Waals surface area (Å²) in [4.78, 5) is 23.0. The molecular formula is C17H21NO6. The molecule has 24 heavy (non-hydrogen) atoms. The Balaban J connectivity index is 1.71. The first-order chi connectivity index (χ1) is 11.5. The second-order valence-corrected chi connectivity index (χ2v) is 6.09. The van der Waals surface area contributed by atoms with E-state index in [9.17, 15) is 9.59 Å². The maximum absolute atomic E-state index is 12.2. The molecule has 0 aromatic heterocycles. The highest BCUT2D eigenvalue weighted by Crippen LogP contribution is 2.36. The molecule has 0 bridgehead atoms. The summed E-state index contributed by atoms with van der Waals surface area (Å²) in [5.41, 5.74) is 0.922. The lowest BCUT2D eigenvalue weighted by atomic mass is 10.0. The van der Waals surface area contributed by atoms with E-state index in [-0.39, 0.29) is 12.2 Å². The summed E-state index contributed by atoms with van der Waals surface area (Å²) in [6.07, 6.45) is -1.11. The molecule has 2 aliphatic rings. The molecule has 0 saturated carbocycles. The Kier molecular flexibility index (Phi) is 5.01. The molecule has 1 amide bonds. The maximum atomic E-state index is 12.2. The Morgan fingerprint density at radius 3 is 2.67 bits per heavy atom. The molecule has 1 aromatic rings. The van der Waals surface area contributed by atoms with Gasteiger partial charge >= 0.3 is 12.1 Å². The van der Waals surface area contributed by atoms with Crippen LogP contribution in [0.4, 0.5) is 4.79 Å². The molecule has 7 nitrogen and oxygen atoms in total. The molecule has 2 saturated heterocycles. The first-order valence-corrected chi connectivity index (χ1v) is 8.10. The highest BCUT2D eigenvalue weighted by molar-refractivity contribution is 5.80. The summed E-state index contributed by atoms with van der Waals surface area (Å²) in [5.74, 6) is -0.572. The smallest absolute Gasteiger partial charge is 0.405 e. The molecule has 2 aliphatic heterocycles. The fourth-order valence-corrected chi connectivity index (χ4v) is 3.16. The Hall–Kier alpha value is -2.12. The number of rotatable bonds is 2. The van der Waals surface area contributed by atoms with E-state index in [0.717, 1.165) is 5.56 Å². The van der Waals surface area contributed by atoms with Crippen LogP contribution in [0.3, 0.4) is 0 Å². The van der Waals surface area contributed by atoms with Crippen molar-refractivity contribution < 1.29 is 28.9 Å². The molecule has 5 atom stereocenters. The van der Waals surface area contributed by atoms with E-state index in [4.69, 9.17) is 19.3 Å². The molecule has 3 rings (SSSR count). The molecule has 0 radical (unpaired) electrons. The van der Waals surface area contributed by atoms with Gasteiger partial charge in [0.05, 0.1) is 6.10 Å². The first kappa shape index (κ1) is 16.7. The van der Waals surface area contributed by atoms with Gasteiger partial charge in [-0.3, -0.25) is 0 Å². The molecular weight excluding hydrogens is 314 g/mol. The number of esters is 1. The van der Waals surface area contributed by atoms with Crippen molar-refractivity contribution in [2.24, 2.45) is 0 Å². The van der Waals surface area contributed by atoms with Gasteiger partial charge in [-0.05, 0) is 26.2 Å². The number of amides is 1. The lowest BCUT2D eigenvalue weighted by Gasteiger charge is -2.22. The number of hydrogen-bond donors (Lipinski definition) is 2. The lowest BCUT2D eigenvalue weighted by molar-refractivity contribution is -0.158. The SMILES string of the molecule is C[C@@H]1OC(=O)[C@@H](NC(=O)O)CCC[C@@H]2OC(c3ccccc3)O[C@@H]12. The van der Waals surface area contributed by atoms with E-state index in [0.29, 0.717) is 19.3 Å². The van der Waals surface area contributed by atoms with Crippen LogP contribution in [0, 0.1) is 0 Å². The third kappa shape index (κ3) is 3.68. The van der Waals surface area contributed by atoms with Crippen molar-refractivity contribution in [2.45, 2.75) is 56.8 Å². The second kappa shape index (κ2) is 7.19. The number of benzene rings is 1. The standard InChI is InChI=1S/C17H21NO6/c1-10-14-13(23-16(24-14)11-6-3-2-4-7-11)9-5-8-12(15(19)22-10)18-17(20)21/h2-4,6-7,10,12-14,16,18H,5,8-9H2,1H3,(H,20,21)/t10-,12-,13-,14-,16?/m0/s1. The fraction of sp³-hybridized carbons (Fsp3) is 0.529. The molecule has 0 aliphatic carbocycles. The Morgan fingerprint density at radius 1 is 1.21 bits per heavy atom. The van der Waals surface area contributed by atoms with Gasteiger partial charge in [0.15, 0.2) is 6.29 Å². The first-order valence-electron chi connectivity index (χ1n) is 8.10. The normalized spacial score (nSPS) is 33.5. The fourth-order valence-electron chi connectivity index (χ4n) is 3.16. The van der Waals surface area contributed by atoms with Crippen LogP contribution < -0.4 is 5.32 Å². The van der Waals surface area contributed by atoms with Crippen LogP contribution in [0.25, 0.3) is 0 Å². The number of carbonyl (C=O) groups is 2. The summed E-state index contributed by atoms with van der Waals surface area (Å²) in [7, 11) is 0. The minimum atomic E-state index is -1.24. The van der Waals surface area contributed by atoms with Crippen LogP contribution in [-0.4, -0.2) is 41.5 Å². The zero-order chi connectivity index (χ0) is 17.1. The number of ether oxygens (including phenoxy) is 3. The number of carbonyl (C=O) groups excluding carboxylic acids is 1. The van der Waals surface area contributed by atoms with Gasteiger partial charge in [0, 0.05) is 5.56 Å². The minimum absolute atomic E-state index is 0.193. The number of carboxylic acid groups (broad SMARTS) is 1. The summed E-state index contributed by atoms with van der Waals surface area (Å²) in [6.45, 7) is 1.75. The van der Waals surface area contributed by atoms with Gasteiger partial charge in [-0.25, -0.2) is 9.59 Å². The monoisotopic (exact) mass is 335 g/mol. The summed E-state index contributed by atoms with van der Waals surface area (Å²) in [5, 5.41) is 11.0. The van der Waals surface area contributed by atoms with E-state index in [1.165, 1.54) is 0 Å². The summed E-state index contributed by atoms with van der Waals surface area (Å²) < 4.78 is 17.4. The highest BCUT2D eigenvalue weighted by Gasteiger charge is 2.43. The topological polar surface area (TPSA) is 94.1 Å². The van der Waals surface area contributed by atoms with Crippen LogP contribution in [-0.2, 0) is 19.0 Å².